The Morgan fingerprint density at radius 3 is 2.40 bits per heavy atom. The summed E-state index contributed by atoms with van der Waals surface area (Å²) in [6, 6.07) is 11.8. The van der Waals surface area contributed by atoms with Crippen molar-refractivity contribution in [2.75, 3.05) is 51.1 Å². The Morgan fingerprint density at radius 1 is 0.979 bits per heavy atom. The number of hydrogen-bond donors (Lipinski definition) is 3. The van der Waals surface area contributed by atoms with E-state index in [0.717, 1.165) is 55.5 Å². The van der Waals surface area contributed by atoms with Crippen molar-refractivity contribution in [3.05, 3.63) is 53.1 Å². The number of nitrogens with zero attached hydrogens (tertiary/aromatic N) is 4. The van der Waals surface area contributed by atoms with E-state index in [-0.39, 0.29) is 36.3 Å². The van der Waals surface area contributed by atoms with Crippen molar-refractivity contribution in [1.82, 2.24) is 19.6 Å². The minimum atomic E-state index is -0.994. The SMILES string of the molecule is Bc1cc(C[C@@H](OC(=O)N2CCC(N3CCc4ccccc4NC3=O)CC2)C(=O)N2CCC(N3CCC[C@@H](O)C3)CC2)cc(C)c1O. The molecule has 0 saturated carbocycles. The first kappa shape index (κ1) is 33.1. The van der Waals surface area contributed by atoms with Gasteiger partial charge < -0.3 is 35.0 Å². The van der Waals surface area contributed by atoms with E-state index in [1.807, 2.05) is 61.0 Å². The molecule has 4 amide bonds. The van der Waals surface area contributed by atoms with E-state index >= 15 is 0 Å². The van der Waals surface area contributed by atoms with E-state index in [4.69, 9.17) is 4.74 Å². The molecule has 0 unspecified atom stereocenters. The van der Waals surface area contributed by atoms with Gasteiger partial charge in [-0.2, -0.15) is 0 Å². The van der Waals surface area contributed by atoms with Gasteiger partial charge >= 0.3 is 12.1 Å². The van der Waals surface area contributed by atoms with Gasteiger partial charge in [-0.25, -0.2) is 9.59 Å². The average molecular weight is 646 g/mol. The van der Waals surface area contributed by atoms with Gasteiger partial charge in [-0.05, 0) is 86.6 Å². The number of para-hydroxylation sites is 1. The Bertz CT molecular complexity index is 1430. The number of aryl methyl sites for hydroxylation is 1. The van der Waals surface area contributed by atoms with Gasteiger partial charge in [0.15, 0.2) is 6.10 Å². The number of aliphatic hydroxyl groups excluding tert-OH is 1. The molecule has 3 saturated heterocycles. The molecule has 0 radical (unpaired) electrons. The van der Waals surface area contributed by atoms with Crippen LogP contribution >= 0.6 is 0 Å². The first-order chi connectivity index (χ1) is 22.7. The summed E-state index contributed by atoms with van der Waals surface area (Å²) in [6.07, 6.45) is 3.93. The lowest BCUT2D eigenvalue weighted by atomic mass is 9.89. The third kappa shape index (κ3) is 7.70. The van der Waals surface area contributed by atoms with E-state index in [2.05, 4.69) is 10.2 Å². The molecule has 11 nitrogen and oxygen atoms in total. The maximum atomic E-state index is 14.0. The first-order valence-electron chi connectivity index (χ1n) is 17.3. The summed E-state index contributed by atoms with van der Waals surface area (Å²) in [5.74, 6) is 0.0258. The van der Waals surface area contributed by atoms with Gasteiger partial charge in [0.2, 0.25) is 0 Å². The van der Waals surface area contributed by atoms with Crippen molar-refractivity contribution in [1.29, 1.82) is 0 Å². The number of rotatable bonds is 6. The number of carbonyl (C=O) groups excluding carboxylic acids is 3. The number of carbonyl (C=O) groups is 3. The highest BCUT2D eigenvalue weighted by Gasteiger charge is 2.36. The van der Waals surface area contributed by atoms with E-state index < -0.39 is 12.2 Å². The fourth-order valence-electron chi connectivity index (χ4n) is 7.82. The number of fused-ring (bicyclic) bond motifs is 1. The lowest BCUT2D eigenvalue weighted by Crippen LogP contribution is -2.53. The number of aromatic hydroxyl groups is 1. The lowest BCUT2D eigenvalue weighted by Gasteiger charge is -2.42. The van der Waals surface area contributed by atoms with E-state index in [9.17, 15) is 24.6 Å². The molecule has 0 aromatic heterocycles. The maximum absolute atomic E-state index is 14.0. The second-order valence-corrected chi connectivity index (χ2v) is 13.8. The number of phenols is 1. The Kier molecular flexibility index (Phi) is 10.3. The van der Waals surface area contributed by atoms with Crippen LogP contribution in [0.15, 0.2) is 36.4 Å². The van der Waals surface area contributed by atoms with Crippen molar-refractivity contribution in [3.63, 3.8) is 0 Å². The lowest BCUT2D eigenvalue weighted by molar-refractivity contribution is -0.142. The van der Waals surface area contributed by atoms with Crippen LogP contribution in [0.25, 0.3) is 0 Å². The number of phenolic OH excluding ortho intramolecular Hbond substituents is 1. The van der Waals surface area contributed by atoms with Gasteiger partial charge in [-0.15, -0.1) is 0 Å². The Labute approximate surface area is 278 Å². The zero-order chi connectivity index (χ0) is 33.1. The van der Waals surface area contributed by atoms with E-state index in [1.165, 1.54) is 0 Å². The molecule has 0 bridgehead atoms. The van der Waals surface area contributed by atoms with Crippen molar-refractivity contribution >= 4 is 37.0 Å². The number of piperidine rings is 3. The second-order valence-electron chi connectivity index (χ2n) is 13.8. The minimum Gasteiger partial charge on any atom is -0.508 e. The molecule has 4 heterocycles. The van der Waals surface area contributed by atoms with E-state index in [0.29, 0.717) is 69.2 Å². The van der Waals surface area contributed by atoms with Gasteiger partial charge in [0.05, 0.1) is 6.10 Å². The van der Waals surface area contributed by atoms with Gasteiger partial charge in [-0.3, -0.25) is 9.69 Å². The third-order valence-corrected chi connectivity index (χ3v) is 10.5. The molecule has 2 aromatic rings. The highest BCUT2D eigenvalue weighted by molar-refractivity contribution is 6.34. The molecule has 4 aliphatic heterocycles. The Balaban J connectivity index is 1.09. The highest BCUT2D eigenvalue weighted by Crippen LogP contribution is 2.26. The normalized spacial score (nSPS) is 22.3. The number of likely N-dealkylation sites (tertiary alicyclic amines) is 3. The predicted molar refractivity (Wildman–Crippen MR) is 182 cm³/mol. The van der Waals surface area contributed by atoms with Crippen molar-refractivity contribution < 1.29 is 29.3 Å². The molecule has 0 spiro atoms. The molecule has 6 rings (SSSR count). The molecule has 0 aliphatic carbocycles. The summed E-state index contributed by atoms with van der Waals surface area (Å²) in [4.78, 5) is 48.4. The van der Waals surface area contributed by atoms with Crippen LogP contribution in [0, 0.1) is 6.92 Å². The molecule has 3 fully saturated rings. The average Bonchev–Trinajstić information content (AvgIpc) is 3.24. The number of hydrogen-bond acceptors (Lipinski definition) is 7. The summed E-state index contributed by atoms with van der Waals surface area (Å²) < 4.78 is 6.04. The van der Waals surface area contributed by atoms with Crippen LogP contribution in [0.3, 0.4) is 0 Å². The Morgan fingerprint density at radius 2 is 1.68 bits per heavy atom. The number of ether oxygens (including phenoxy) is 1. The number of β-amino-alcohol motifs (C(OH)–C–C–N with tert-alkyl or cyclic N) is 1. The summed E-state index contributed by atoms with van der Waals surface area (Å²) in [7, 11) is 1.82. The summed E-state index contributed by atoms with van der Waals surface area (Å²) in [5, 5.41) is 23.5. The number of urea groups is 1. The molecule has 12 heteroatoms. The maximum Gasteiger partial charge on any atom is 0.410 e. The quantitative estimate of drug-likeness (QED) is 0.411. The molecule has 252 valence electrons. The molecule has 2 atom stereocenters. The van der Waals surface area contributed by atoms with Crippen LogP contribution in [-0.2, 0) is 22.4 Å². The molecular formula is C35H48BN5O6. The van der Waals surface area contributed by atoms with Crippen LogP contribution < -0.4 is 10.8 Å². The fraction of sp³-hybridized carbons (Fsp3) is 0.571. The monoisotopic (exact) mass is 645 g/mol. The van der Waals surface area contributed by atoms with Gasteiger partial charge in [0, 0.05) is 63.5 Å². The van der Waals surface area contributed by atoms with Gasteiger partial charge in [-0.1, -0.05) is 30.3 Å². The zero-order valence-electron chi connectivity index (χ0n) is 27.7. The summed E-state index contributed by atoms with van der Waals surface area (Å²) >= 11 is 0. The number of anilines is 1. The molecule has 47 heavy (non-hydrogen) atoms. The standard InChI is InChI=1S/C35H48BN5O6/c1-23-19-24(20-29(36)32(23)43)21-31(33(44)38-14-9-26(10-15-38)40-13-4-6-28(42)22-40)47-35(46)39-16-11-27(12-17-39)41-18-8-25-5-2-3-7-30(25)37-34(41)45/h2-3,5,7,19-20,26-28,31,42-43H,4,6,8-18,21-22,36H2,1H3,(H,37,45)/t28-,31-/m1/s1. The Hall–Kier alpha value is -3.77. The van der Waals surface area contributed by atoms with Gasteiger partial charge in [0.1, 0.15) is 13.6 Å². The minimum absolute atomic E-state index is 0.0102. The number of nitrogens with one attached hydrogen (secondary N) is 1. The van der Waals surface area contributed by atoms with Crippen molar-refractivity contribution in [3.8, 4) is 5.75 Å². The first-order valence-corrected chi connectivity index (χ1v) is 17.3. The zero-order valence-corrected chi connectivity index (χ0v) is 27.7. The number of amides is 4. The van der Waals surface area contributed by atoms with Crippen LogP contribution in [0.5, 0.6) is 5.75 Å². The van der Waals surface area contributed by atoms with Gasteiger partial charge in [0.25, 0.3) is 5.91 Å². The molecule has 2 aromatic carbocycles. The largest absolute Gasteiger partial charge is 0.508 e. The summed E-state index contributed by atoms with van der Waals surface area (Å²) in [5.41, 5.74) is 4.22. The third-order valence-electron chi connectivity index (χ3n) is 10.5. The number of benzene rings is 2. The van der Waals surface area contributed by atoms with Crippen LogP contribution in [0.4, 0.5) is 15.3 Å². The van der Waals surface area contributed by atoms with Crippen molar-refractivity contribution in [2.24, 2.45) is 0 Å². The molecular weight excluding hydrogens is 597 g/mol. The van der Waals surface area contributed by atoms with Crippen LogP contribution in [-0.4, -0.2) is 126 Å². The molecule has 3 N–H and O–H groups in total. The van der Waals surface area contributed by atoms with E-state index in [1.54, 1.807) is 4.90 Å². The van der Waals surface area contributed by atoms with Crippen LogP contribution in [0.2, 0.25) is 0 Å². The second kappa shape index (κ2) is 14.6. The predicted octanol–water partition coefficient (Wildman–Crippen LogP) is 2.01. The summed E-state index contributed by atoms with van der Waals surface area (Å²) in [6.45, 7) is 6.13. The smallest absolute Gasteiger partial charge is 0.410 e. The van der Waals surface area contributed by atoms with Crippen LogP contribution in [0.1, 0.15) is 55.2 Å². The number of aliphatic hydroxyl groups is 1. The fourth-order valence-corrected chi connectivity index (χ4v) is 7.82. The topological polar surface area (TPSA) is 126 Å². The molecule has 4 aliphatic rings. The van der Waals surface area contributed by atoms with Crippen molar-refractivity contribution in [2.45, 2.75) is 82.6 Å². The highest BCUT2D eigenvalue weighted by atomic mass is 16.6.